The zero-order valence-electron chi connectivity index (χ0n) is 19.6. The lowest BCUT2D eigenvalue weighted by atomic mass is 9.72. The summed E-state index contributed by atoms with van der Waals surface area (Å²) in [6, 6.07) is 19.8. The molecule has 0 radical (unpaired) electrons. The molecule has 11 heteroatoms. The zero-order valence-corrected chi connectivity index (χ0v) is 19.6. The molecule has 1 saturated heterocycles. The van der Waals surface area contributed by atoms with Gasteiger partial charge < -0.3 is 14.2 Å². The van der Waals surface area contributed by atoms with Gasteiger partial charge in [0.05, 0.1) is 11.0 Å². The van der Waals surface area contributed by atoms with Crippen LogP contribution < -0.4 is 4.90 Å². The van der Waals surface area contributed by atoms with Crippen LogP contribution in [0.15, 0.2) is 77.3 Å². The molecule has 0 N–H and O–H groups in total. The Morgan fingerprint density at radius 2 is 1.62 bits per heavy atom. The molecule has 190 valence electrons. The summed E-state index contributed by atoms with van der Waals surface area (Å²) in [6.07, 6.45) is -4.53. The fourth-order valence-electron chi connectivity index (χ4n) is 4.42. The molecule has 4 aromatic rings. The highest BCUT2D eigenvalue weighted by Gasteiger charge is 2.56. The third-order valence-electron chi connectivity index (χ3n) is 6.49. The molecule has 0 atom stereocenters. The van der Waals surface area contributed by atoms with Crippen LogP contribution in [0.4, 0.5) is 19.0 Å². The molecule has 0 bridgehead atoms. The third-order valence-corrected chi connectivity index (χ3v) is 6.49. The Balaban J connectivity index is 1.22. The van der Waals surface area contributed by atoms with Crippen molar-refractivity contribution < 1.29 is 27.2 Å². The second kappa shape index (κ2) is 10.00. The normalized spacial score (nSPS) is 15.4. The minimum atomic E-state index is -4.36. The third kappa shape index (κ3) is 5.02. The van der Waals surface area contributed by atoms with E-state index in [4.69, 9.17) is 9.26 Å². The highest BCUT2D eigenvalue weighted by atomic mass is 19.4. The van der Waals surface area contributed by atoms with Crippen molar-refractivity contribution in [2.75, 3.05) is 18.0 Å². The molecule has 2 aromatic heterocycles. The standard InChI is InChI=1S/C26H22F3N5O3/c27-26(28,29)25(19-9-5-2-6-10-19)13-15-34(16-14-25)22-12-11-20(31-32-22)23-30-21(33-37-23)17-36-24(35)18-7-3-1-4-8-18/h1-12H,13-17H2. The number of carbonyl (C=O) groups is 1. The highest BCUT2D eigenvalue weighted by molar-refractivity contribution is 5.89. The Kier molecular flexibility index (Phi) is 6.60. The van der Waals surface area contributed by atoms with Gasteiger partial charge in [0.2, 0.25) is 5.82 Å². The number of halogens is 3. The van der Waals surface area contributed by atoms with Crippen LogP contribution in [-0.2, 0) is 16.8 Å². The molecule has 8 nitrogen and oxygen atoms in total. The number of esters is 1. The molecule has 0 aliphatic carbocycles. The molecular formula is C26H22F3N5O3. The number of benzene rings is 2. The van der Waals surface area contributed by atoms with Gasteiger partial charge in [-0.25, -0.2) is 4.79 Å². The van der Waals surface area contributed by atoms with Gasteiger partial charge in [-0.2, -0.15) is 18.2 Å². The Morgan fingerprint density at radius 3 is 2.24 bits per heavy atom. The summed E-state index contributed by atoms with van der Waals surface area (Å²) < 4.78 is 52.8. The Hall–Kier alpha value is -4.28. The van der Waals surface area contributed by atoms with Crippen molar-refractivity contribution in [1.29, 1.82) is 0 Å². The number of rotatable bonds is 6. The molecule has 3 heterocycles. The van der Waals surface area contributed by atoms with Crippen molar-refractivity contribution in [3.8, 4) is 11.6 Å². The van der Waals surface area contributed by atoms with Gasteiger partial charge in [0.25, 0.3) is 5.89 Å². The maximum atomic E-state index is 14.1. The first kappa shape index (κ1) is 24.4. The number of ether oxygens (including phenoxy) is 1. The van der Waals surface area contributed by atoms with E-state index in [0.717, 1.165) is 0 Å². The number of hydrogen-bond acceptors (Lipinski definition) is 8. The summed E-state index contributed by atoms with van der Waals surface area (Å²) in [7, 11) is 0. The maximum absolute atomic E-state index is 14.1. The van der Waals surface area contributed by atoms with Gasteiger partial charge in [-0.1, -0.05) is 53.7 Å². The summed E-state index contributed by atoms with van der Waals surface area (Å²) in [6.45, 7) is 0.179. The van der Waals surface area contributed by atoms with Crippen molar-refractivity contribution >= 4 is 11.8 Å². The fourth-order valence-corrected chi connectivity index (χ4v) is 4.42. The van der Waals surface area contributed by atoms with Gasteiger partial charge in [-0.15, -0.1) is 10.2 Å². The average Bonchev–Trinajstić information content (AvgIpc) is 3.41. The summed E-state index contributed by atoms with van der Waals surface area (Å²) in [5, 5.41) is 12.1. The molecule has 1 aliphatic rings. The van der Waals surface area contributed by atoms with E-state index in [0.29, 0.717) is 17.1 Å². The maximum Gasteiger partial charge on any atom is 0.398 e. The molecular weight excluding hydrogens is 487 g/mol. The van der Waals surface area contributed by atoms with Gasteiger partial charge in [0.1, 0.15) is 0 Å². The largest absolute Gasteiger partial charge is 0.454 e. The molecule has 5 rings (SSSR count). The van der Waals surface area contributed by atoms with Crippen LogP contribution in [0.1, 0.15) is 34.6 Å². The quantitative estimate of drug-likeness (QED) is 0.336. The van der Waals surface area contributed by atoms with E-state index < -0.39 is 17.6 Å². The Bertz CT molecular complexity index is 1340. The molecule has 0 saturated carbocycles. The van der Waals surface area contributed by atoms with E-state index in [2.05, 4.69) is 20.3 Å². The van der Waals surface area contributed by atoms with E-state index in [1.807, 2.05) is 0 Å². The van der Waals surface area contributed by atoms with Crippen molar-refractivity contribution in [2.45, 2.75) is 31.0 Å². The lowest BCUT2D eigenvalue weighted by Gasteiger charge is -2.43. The van der Waals surface area contributed by atoms with Crippen LogP contribution in [0.3, 0.4) is 0 Å². The number of aromatic nitrogens is 4. The molecule has 0 amide bonds. The van der Waals surface area contributed by atoms with E-state index in [-0.39, 0.29) is 49.8 Å². The first-order chi connectivity index (χ1) is 17.9. The van der Waals surface area contributed by atoms with Crippen molar-refractivity contribution in [2.24, 2.45) is 0 Å². The topological polar surface area (TPSA) is 94.2 Å². The summed E-state index contributed by atoms with van der Waals surface area (Å²) in [4.78, 5) is 18.0. The van der Waals surface area contributed by atoms with Crippen LogP contribution in [0.25, 0.3) is 11.6 Å². The van der Waals surface area contributed by atoms with Gasteiger partial charge in [-0.05, 0) is 42.7 Å². The van der Waals surface area contributed by atoms with Crippen molar-refractivity contribution in [1.82, 2.24) is 20.3 Å². The average molecular weight is 509 g/mol. The number of hydrogen-bond donors (Lipinski definition) is 0. The minimum Gasteiger partial charge on any atom is -0.454 e. The molecule has 0 unspecified atom stereocenters. The smallest absolute Gasteiger partial charge is 0.398 e. The van der Waals surface area contributed by atoms with Crippen LogP contribution >= 0.6 is 0 Å². The monoisotopic (exact) mass is 509 g/mol. The number of carbonyl (C=O) groups excluding carboxylic acids is 1. The lowest BCUT2D eigenvalue weighted by Crippen LogP contribution is -2.51. The molecule has 1 aliphatic heterocycles. The number of anilines is 1. The predicted octanol–water partition coefficient (Wildman–Crippen LogP) is 4.98. The molecule has 2 aromatic carbocycles. The first-order valence-corrected chi connectivity index (χ1v) is 11.6. The van der Waals surface area contributed by atoms with Gasteiger partial charge >= 0.3 is 12.1 Å². The van der Waals surface area contributed by atoms with Crippen LogP contribution in [0.5, 0.6) is 0 Å². The second-order valence-electron chi connectivity index (χ2n) is 8.67. The van der Waals surface area contributed by atoms with E-state index in [9.17, 15) is 18.0 Å². The van der Waals surface area contributed by atoms with Crippen LogP contribution in [0, 0.1) is 0 Å². The minimum absolute atomic E-state index is 0.0847. The van der Waals surface area contributed by atoms with Crippen LogP contribution in [-0.4, -0.2) is 45.6 Å². The van der Waals surface area contributed by atoms with E-state index in [1.165, 1.54) is 0 Å². The van der Waals surface area contributed by atoms with Gasteiger partial charge in [0.15, 0.2) is 18.1 Å². The van der Waals surface area contributed by atoms with Crippen molar-refractivity contribution in [3.05, 3.63) is 89.7 Å². The highest BCUT2D eigenvalue weighted by Crippen LogP contribution is 2.48. The molecule has 0 spiro atoms. The first-order valence-electron chi connectivity index (χ1n) is 11.6. The number of nitrogens with zero attached hydrogens (tertiary/aromatic N) is 5. The van der Waals surface area contributed by atoms with E-state index >= 15 is 0 Å². The lowest BCUT2D eigenvalue weighted by molar-refractivity contribution is -0.196. The summed E-state index contributed by atoms with van der Waals surface area (Å²) in [5.74, 6) is 0.192. The summed E-state index contributed by atoms with van der Waals surface area (Å²) in [5.41, 5.74) is -0.905. The Labute approximate surface area is 210 Å². The number of piperidine rings is 1. The second-order valence-corrected chi connectivity index (χ2v) is 8.67. The fraction of sp³-hybridized carbons (Fsp3) is 0.269. The molecule has 1 fully saturated rings. The Morgan fingerprint density at radius 1 is 0.946 bits per heavy atom. The number of alkyl halides is 3. The van der Waals surface area contributed by atoms with Gasteiger partial charge in [0, 0.05) is 13.1 Å². The van der Waals surface area contributed by atoms with Crippen molar-refractivity contribution in [3.63, 3.8) is 0 Å². The zero-order chi connectivity index (χ0) is 25.9. The van der Waals surface area contributed by atoms with Gasteiger partial charge in [-0.3, -0.25) is 0 Å². The summed E-state index contributed by atoms with van der Waals surface area (Å²) >= 11 is 0. The molecule has 37 heavy (non-hydrogen) atoms. The van der Waals surface area contributed by atoms with Crippen LogP contribution in [0.2, 0.25) is 0 Å². The SMILES string of the molecule is O=C(OCc1noc(-c2ccc(N3CCC(c4ccccc4)(C(F)(F)F)CC3)nn2)n1)c1ccccc1. The predicted molar refractivity (Wildman–Crippen MR) is 127 cm³/mol. The van der Waals surface area contributed by atoms with E-state index in [1.54, 1.807) is 77.7 Å².